The zero-order valence-electron chi connectivity index (χ0n) is 6.19. The first-order valence-corrected chi connectivity index (χ1v) is 2.47. The van der Waals surface area contributed by atoms with Gasteiger partial charge in [-0.25, -0.2) is 0 Å². The highest BCUT2D eigenvalue weighted by atomic mass is 35.5. The van der Waals surface area contributed by atoms with Crippen molar-refractivity contribution in [2.45, 2.75) is 0 Å². The molecule has 0 bridgehead atoms. The summed E-state index contributed by atoms with van der Waals surface area (Å²) in [6.45, 7) is 1.11. The molecule has 3 N–H and O–H groups in total. The molecule has 0 radical (unpaired) electrons. The van der Waals surface area contributed by atoms with Crippen LogP contribution >= 0.6 is 0 Å². The maximum absolute atomic E-state index is 8.39. The van der Waals surface area contributed by atoms with Crippen LogP contribution in [0.15, 0.2) is 0 Å². The zero-order chi connectivity index (χ0) is 5.91. The Morgan fingerprint density at radius 3 is 1.56 bits per heavy atom. The maximum Gasteiger partial charge on any atom is 0.101 e. The van der Waals surface area contributed by atoms with E-state index in [2.05, 4.69) is 21.1 Å². The van der Waals surface area contributed by atoms with Gasteiger partial charge in [0.2, 0.25) is 0 Å². The van der Waals surface area contributed by atoms with Crippen LogP contribution in [-0.4, -0.2) is 49.4 Å². The second-order valence-electron chi connectivity index (χ2n) is 2.74. The fraction of sp³-hybridized carbons (Fsp3) is 1.00. The number of nitrogens with zero attached hydrogens (tertiary/aromatic N) is 1. The van der Waals surface area contributed by atoms with E-state index in [1.54, 1.807) is 0 Å². The van der Waals surface area contributed by atoms with Crippen LogP contribution in [0, 0.1) is 0 Å². The van der Waals surface area contributed by atoms with E-state index in [9.17, 15) is 0 Å². The Bertz CT molecular complexity index is 53.4. The van der Waals surface area contributed by atoms with Gasteiger partial charge in [0, 0.05) is 0 Å². The van der Waals surface area contributed by atoms with E-state index >= 15 is 0 Å². The molecule has 0 fully saturated rings. The van der Waals surface area contributed by atoms with Crippen molar-refractivity contribution in [2.24, 2.45) is 0 Å². The normalized spacial score (nSPS) is 9.33. The van der Waals surface area contributed by atoms with Crippen LogP contribution in [0.4, 0.5) is 0 Å². The number of rotatable bonds is 2. The lowest BCUT2D eigenvalue weighted by Gasteiger charge is -2.21. The summed E-state index contributed by atoms with van der Waals surface area (Å²) < 4.78 is 0.844. The molecule has 0 spiro atoms. The number of likely N-dealkylation sites (N-methyl/N-ethyl adjacent to an activating group) is 1. The molecule has 0 aliphatic heterocycles. The number of quaternary nitrogens is 1. The van der Waals surface area contributed by atoms with Crippen molar-refractivity contribution in [3.63, 3.8) is 0 Å². The molecule has 60 valence electrons. The molecule has 0 amide bonds. The topological polar surface area (TPSA) is 51.7 Å². The third-order valence-electron chi connectivity index (χ3n) is 0.771. The Hall–Kier alpha value is 0.170. The van der Waals surface area contributed by atoms with Gasteiger partial charge in [0.1, 0.15) is 6.54 Å². The van der Waals surface area contributed by atoms with Gasteiger partial charge >= 0.3 is 0 Å². The molecule has 0 aromatic carbocycles. The quantitative estimate of drug-likeness (QED) is 0.407. The highest BCUT2D eigenvalue weighted by Crippen LogP contribution is 1.84. The van der Waals surface area contributed by atoms with Crippen molar-refractivity contribution in [3.05, 3.63) is 0 Å². The molecule has 0 rings (SSSR count). The minimum Gasteiger partial charge on any atom is -1.00 e. The summed E-state index contributed by atoms with van der Waals surface area (Å²) in [7, 11) is 6.16. The molecule has 0 saturated heterocycles. The van der Waals surface area contributed by atoms with Crippen molar-refractivity contribution >= 4 is 0 Å². The van der Waals surface area contributed by atoms with Crippen molar-refractivity contribution in [2.75, 3.05) is 34.3 Å². The lowest BCUT2D eigenvalue weighted by molar-refractivity contribution is -0.870. The van der Waals surface area contributed by atoms with Crippen LogP contribution in [0.2, 0.25) is 0 Å². The summed E-state index contributed by atoms with van der Waals surface area (Å²) in [5.74, 6) is 0. The minimum atomic E-state index is 0. The first-order chi connectivity index (χ1) is 3.06. The molecular formula is C5H16ClNO2. The van der Waals surface area contributed by atoms with Gasteiger partial charge in [-0.1, -0.05) is 0 Å². The molecule has 0 aliphatic carbocycles. The van der Waals surface area contributed by atoms with Crippen molar-refractivity contribution < 1.29 is 27.5 Å². The molecule has 3 nitrogen and oxygen atoms in total. The average Bonchev–Trinajstić information content (AvgIpc) is 1.30. The molecule has 4 heteroatoms. The third-order valence-corrected chi connectivity index (χ3v) is 0.771. The predicted molar refractivity (Wildman–Crippen MR) is 33.6 cm³/mol. The largest absolute Gasteiger partial charge is 1.00 e. The second-order valence-corrected chi connectivity index (χ2v) is 2.74. The lowest BCUT2D eigenvalue weighted by Crippen LogP contribution is -3.00. The highest BCUT2D eigenvalue weighted by molar-refractivity contribution is 4.19. The zero-order valence-corrected chi connectivity index (χ0v) is 6.94. The van der Waals surface area contributed by atoms with Crippen LogP contribution in [0.1, 0.15) is 0 Å². The van der Waals surface area contributed by atoms with Gasteiger partial charge < -0.3 is 27.5 Å². The van der Waals surface area contributed by atoms with Gasteiger partial charge in [-0.2, -0.15) is 0 Å². The summed E-state index contributed by atoms with van der Waals surface area (Å²) in [5.41, 5.74) is 0. The van der Waals surface area contributed by atoms with E-state index < -0.39 is 0 Å². The number of halogens is 1. The molecule has 0 aliphatic rings. The molecule has 0 heterocycles. The Labute approximate surface area is 62.6 Å². The average molecular weight is 158 g/mol. The second kappa shape index (κ2) is 6.29. The van der Waals surface area contributed by atoms with E-state index in [0.29, 0.717) is 0 Å². The highest BCUT2D eigenvalue weighted by Gasteiger charge is 2.02. The standard InChI is InChI=1S/C5H14NO.ClH.H2O/c1-6(2,3)4-5-7;;/h7H,4-5H2,1-3H3;1H;1H2/q+1;;/p-1. The van der Waals surface area contributed by atoms with Gasteiger partial charge in [-0.15, -0.1) is 0 Å². The van der Waals surface area contributed by atoms with Gasteiger partial charge in [-0.05, 0) is 0 Å². The van der Waals surface area contributed by atoms with E-state index in [-0.39, 0.29) is 24.5 Å². The maximum atomic E-state index is 8.39. The van der Waals surface area contributed by atoms with Crippen molar-refractivity contribution in [3.8, 4) is 0 Å². The van der Waals surface area contributed by atoms with Gasteiger partial charge in [-0.3, -0.25) is 0 Å². The van der Waals surface area contributed by atoms with Crippen LogP contribution < -0.4 is 12.4 Å². The summed E-state index contributed by atoms with van der Waals surface area (Å²) in [6.07, 6.45) is 0. The van der Waals surface area contributed by atoms with Crippen molar-refractivity contribution in [1.29, 1.82) is 0 Å². The summed E-state index contributed by atoms with van der Waals surface area (Å²) in [4.78, 5) is 0. The Morgan fingerprint density at radius 1 is 1.22 bits per heavy atom. The van der Waals surface area contributed by atoms with Gasteiger partial charge in [0.05, 0.1) is 27.7 Å². The SMILES string of the molecule is C[N+](C)(C)CCO.O.[Cl-]. The first kappa shape index (κ1) is 16.1. The van der Waals surface area contributed by atoms with E-state index in [1.165, 1.54) is 0 Å². The predicted octanol–water partition coefficient (Wildman–Crippen LogP) is -4.14. The summed E-state index contributed by atoms with van der Waals surface area (Å²) >= 11 is 0. The van der Waals surface area contributed by atoms with E-state index in [0.717, 1.165) is 11.0 Å². The Balaban J connectivity index is -0.000000180. The minimum absolute atomic E-state index is 0. The fourth-order valence-corrected chi connectivity index (χ4v) is 0.300. The lowest BCUT2D eigenvalue weighted by atomic mass is 10.5. The van der Waals surface area contributed by atoms with Gasteiger partial charge in [0.25, 0.3) is 0 Å². The van der Waals surface area contributed by atoms with Crippen LogP contribution in [0.25, 0.3) is 0 Å². The molecule has 0 atom stereocenters. The molecule has 9 heavy (non-hydrogen) atoms. The van der Waals surface area contributed by atoms with E-state index in [1.807, 2.05) is 0 Å². The molecule has 0 aromatic heterocycles. The number of hydrogen-bond acceptors (Lipinski definition) is 1. The Kier molecular flexibility index (Phi) is 11.2. The number of aliphatic hydroxyl groups excluding tert-OH is 1. The number of hydrogen-bond donors (Lipinski definition) is 1. The van der Waals surface area contributed by atoms with Gasteiger partial charge in [0.15, 0.2) is 0 Å². The summed E-state index contributed by atoms with van der Waals surface area (Å²) in [5, 5.41) is 8.39. The molecule has 0 saturated carbocycles. The third kappa shape index (κ3) is 17.9. The summed E-state index contributed by atoms with van der Waals surface area (Å²) in [6, 6.07) is 0. The smallest absolute Gasteiger partial charge is 0.101 e. The van der Waals surface area contributed by atoms with Crippen molar-refractivity contribution in [1.82, 2.24) is 0 Å². The van der Waals surface area contributed by atoms with E-state index in [4.69, 9.17) is 5.11 Å². The Morgan fingerprint density at radius 2 is 1.56 bits per heavy atom. The molecular weight excluding hydrogens is 142 g/mol. The van der Waals surface area contributed by atoms with Crippen LogP contribution in [0.3, 0.4) is 0 Å². The monoisotopic (exact) mass is 157 g/mol. The molecule has 0 aromatic rings. The van der Waals surface area contributed by atoms with Crippen LogP contribution in [-0.2, 0) is 0 Å². The fourth-order valence-electron chi connectivity index (χ4n) is 0.300. The van der Waals surface area contributed by atoms with Crippen LogP contribution in [0.5, 0.6) is 0 Å². The number of aliphatic hydroxyl groups is 1. The first-order valence-electron chi connectivity index (χ1n) is 2.47. The molecule has 0 unspecified atom stereocenters.